The summed E-state index contributed by atoms with van der Waals surface area (Å²) in [6, 6.07) is 15.0. The summed E-state index contributed by atoms with van der Waals surface area (Å²) >= 11 is 1.70. The number of ether oxygens (including phenoxy) is 1. The molecule has 0 saturated carbocycles. The van der Waals surface area contributed by atoms with Crippen molar-refractivity contribution in [3.05, 3.63) is 99.5 Å². The number of thioether (sulfide) groups is 1. The maximum atomic E-state index is 13.8. The third kappa shape index (κ3) is 6.53. The second-order valence-corrected chi connectivity index (χ2v) is 12.7. The van der Waals surface area contributed by atoms with E-state index in [2.05, 4.69) is 62.3 Å². The van der Waals surface area contributed by atoms with E-state index in [9.17, 15) is 14.3 Å². The number of aromatic hydroxyl groups is 1. The number of fused-ring (bicyclic) bond motifs is 1. The van der Waals surface area contributed by atoms with Gasteiger partial charge in [0, 0.05) is 53.0 Å². The van der Waals surface area contributed by atoms with Crippen LogP contribution in [-0.4, -0.2) is 46.3 Å². The smallest absolute Gasteiger partial charge is 0.340 e. The topological polar surface area (TPSA) is 54.7 Å². The van der Waals surface area contributed by atoms with Crippen molar-refractivity contribution in [2.45, 2.75) is 71.2 Å². The zero-order valence-corrected chi connectivity index (χ0v) is 26.8. The Morgan fingerprint density at radius 3 is 2.37 bits per heavy atom. The minimum Gasteiger partial charge on any atom is -0.507 e. The van der Waals surface area contributed by atoms with Crippen LogP contribution in [0.1, 0.15) is 71.1 Å². The summed E-state index contributed by atoms with van der Waals surface area (Å²) in [5.74, 6) is -0.0152. The molecule has 0 spiro atoms. The van der Waals surface area contributed by atoms with Gasteiger partial charge >= 0.3 is 5.97 Å². The second-order valence-electron chi connectivity index (χ2n) is 11.7. The van der Waals surface area contributed by atoms with Gasteiger partial charge in [-0.15, -0.1) is 11.8 Å². The molecule has 43 heavy (non-hydrogen) atoms. The highest BCUT2D eigenvalue weighted by atomic mass is 32.2. The molecule has 3 aromatic carbocycles. The molecule has 1 aliphatic rings. The van der Waals surface area contributed by atoms with Gasteiger partial charge in [0.15, 0.2) is 0 Å². The zero-order chi connectivity index (χ0) is 30.8. The predicted octanol–water partition coefficient (Wildman–Crippen LogP) is 8.43. The number of benzene rings is 3. The highest BCUT2D eigenvalue weighted by Crippen LogP contribution is 2.40. The van der Waals surface area contributed by atoms with Crippen molar-refractivity contribution in [3.63, 3.8) is 0 Å². The molecule has 0 aliphatic carbocycles. The molecule has 5 nitrogen and oxygen atoms in total. The summed E-state index contributed by atoms with van der Waals surface area (Å²) in [5, 5.41) is 12.0. The Morgan fingerprint density at radius 1 is 1.07 bits per heavy atom. The average Bonchev–Trinajstić information content (AvgIpc) is 3.25. The van der Waals surface area contributed by atoms with Gasteiger partial charge in [0.05, 0.1) is 17.7 Å². The van der Waals surface area contributed by atoms with Gasteiger partial charge in [-0.3, -0.25) is 4.90 Å². The van der Waals surface area contributed by atoms with Crippen molar-refractivity contribution in [2.75, 3.05) is 19.7 Å². The molecule has 0 fully saturated rings. The van der Waals surface area contributed by atoms with Gasteiger partial charge in [0.2, 0.25) is 0 Å². The van der Waals surface area contributed by atoms with Crippen LogP contribution in [0.4, 0.5) is 4.39 Å². The number of hydrogen-bond donors (Lipinski definition) is 1. The van der Waals surface area contributed by atoms with Crippen molar-refractivity contribution in [2.24, 2.45) is 0 Å². The molecule has 1 N–H and O–H groups in total. The largest absolute Gasteiger partial charge is 0.507 e. The van der Waals surface area contributed by atoms with Crippen LogP contribution in [0.15, 0.2) is 59.5 Å². The first-order valence-electron chi connectivity index (χ1n) is 15.0. The number of nitrogens with zero attached hydrogens (tertiary/aromatic N) is 2. The van der Waals surface area contributed by atoms with Gasteiger partial charge < -0.3 is 14.4 Å². The molecule has 5 rings (SSSR count). The lowest BCUT2D eigenvalue weighted by atomic mass is 9.96. The van der Waals surface area contributed by atoms with E-state index in [1.54, 1.807) is 36.9 Å². The Hall–Kier alpha value is -3.55. The van der Waals surface area contributed by atoms with Crippen LogP contribution in [-0.2, 0) is 17.0 Å². The lowest BCUT2D eigenvalue weighted by molar-refractivity contribution is 0.0527. The molecule has 4 aromatic rings. The fourth-order valence-electron chi connectivity index (χ4n) is 6.16. The first kappa shape index (κ1) is 30.9. The minimum absolute atomic E-state index is 0.158. The molecule has 1 aromatic heterocycles. The van der Waals surface area contributed by atoms with Crippen LogP contribution in [0.5, 0.6) is 5.75 Å². The Labute approximate surface area is 258 Å². The predicted molar refractivity (Wildman–Crippen MR) is 175 cm³/mol. The molecule has 226 valence electrons. The first-order chi connectivity index (χ1) is 20.6. The van der Waals surface area contributed by atoms with E-state index >= 15 is 0 Å². The molecule has 2 heterocycles. The molecule has 0 radical (unpaired) electrons. The number of esters is 1. The van der Waals surface area contributed by atoms with Crippen molar-refractivity contribution in [1.29, 1.82) is 0 Å². The van der Waals surface area contributed by atoms with Gasteiger partial charge in [-0.2, -0.15) is 0 Å². The molecule has 7 heteroatoms. The molecule has 1 aliphatic heterocycles. The standard InChI is InChI=1S/C36H41FN2O3S/c1-7-42-36(41)34-30-19-33(40)29(27-12-14-38(15-13-27)22(2)3)18-31(30)39(20-26-8-10-28(37)11-9-26)32(34)21-43-35-24(5)16-23(4)17-25(35)6/h8-12,16-19,22,40H,7,13-15,20-21H2,1-6H3. The molecular weight excluding hydrogens is 559 g/mol. The van der Waals surface area contributed by atoms with E-state index in [0.29, 0.717) is 29.3 Å². The number of aromatic nitrogens is 1. The number of carbonyl (C=O) groups excluding carboxylic acids is 1. The van der Waals surface area contributed by atoms with Crippen molar-refractivity contribution in [3.8, 4) is 5.75 Å². The normalized spacial score (nSPS) is 14.0. The fourth-order valence-corrected chi connectivity index (χ4v) is 7.32. The summed E-state index contributed by atoms with van der Waals surface area (Å²) in [6.07, 6.45) is 3.03. The number of phenols is 1. The van der Waals surface area contributed by atoms with Crippen LogP contribution in [0.3, 0.4) is 0 Å². The van der Waals surface area contributed by atoms with E-state index in [4.69, 9.17) is 4.74 Å². The lowest BCUT2D eigenvalue weighted by Gasteiger charge is -2.30. The Kier molecular flexibility index (Phi) is 9.33. The fraction of sp³-hybridized carbons (Fsp3) is 0.361. The van der Waals surface area contributed by atoms with E-state index < -0.39 is 5.97 Å². The SMILES string of the molecule is CCOC(=O)c1c(CSc2c(C)cc(C)cc2C)n(Cc2ccc(F)cc2)c2cc(C3=CCN(C(C)C)CC3)c(O)cc12. The van der Waals surface area contributed by atoms with E-state index in [1.165, 1.54) is 33.7 Å². The maximum absolute atomic E-state index is 13.8. The quantitative estimate of drug-likeness (QED) is 0.154. The summed E-state index contributed by atoms with van der Waals surface area (Å²) in [7, 11) is 0. The van der Waals surface area contributed by atoms with Crippen molar-refractivity contribution >= 4 is 34.2 Å². The molecule has 0 unspecified atom stereocenters. The molecule has 0 atom stereocenters. The highest BCUT2D eigenvalue weighted by Gasteiger charge is 2.27. The zero-order valence-electron chi connectivity index (χ0n) is 26.0. The van der Waals surface area contributed by atoms with E-state index in [0.717, 1.165) is 47.4 Å². The number of carbonyl (C=O) groups is 1. The molecule has 0 saturated heterocycles. The van der Waals surface area contributed by atoms with Crippen LogP contribution in [0.2, 0.25) is 0 Å². The number of phenolic OH excluding ortho intramolecular Hbond substituents is 1. The third-order valence-corrected chi connectivity index (χ3v) is 9.65. The van der Waals surface area contributed by atoms with Crippen LogP contribution >= 0.6 is 11.8 Å². The van der Waals surface area contributed by atoms with Gasteiger partial charge in [0.25, 0.3) is 0 Å². The van der Waals surface area contributed by atoms with Crippen molar-refractivity contribution in [1.82, 2.24) is 9.47 Å². The Balaban J connectivity index is 1.69. The van der Waals surface area contributed by atoms with Crippen LogP contribution in [0.25, 0.3) is 16.5 Å². The number of rotatable bonds is 9. The monoisotopic (exact) mass is 600 g/mol. The van der Waals surface area contributed by atoms with Gasteiger partial charge in [-0.05, 0) is 94.5 Å². The lowest BCUT2D eigenvalue weighted by Crippen LogP contribution is -2.34. The van der Waals surface area contributed by atoms with Gasteiger partial charge in [0.1, 0.15) is 11.6 Å². The summed E-state index contributed by atoms with van der Waals surface area (Å²) in [4.78, 5) is 17.2. The Bertz CT molecular complexity index is 1660. The highest BCUT2D eigenvalue weighted by molar-refractivity contribution is 7.98. The average molecular weight is 601 g/mol. The summed E-state index contributed by atoms with van der Waals surface area (Å²) < 4.78 is 21.6. The van der Waals surface area contributed by atoms with Crippen LogP contribution < -0.4 is 0 Å². The van der Waals surface area contributed by atoms with E-state index in [1.807, 2.05) is 6.07 Å². The van der Waals surface area contributed by atoms with Crippen molar-refractivity contribution < 1.29 is 19.0 Å². The second kappa shape index (κ2) is 13.0. The maximum Gasteiger partial charge on any atom is 0.340 e. The van der Waals surface area contributed by atoms with E-state index in [-0.39, 0.29) is 18.2 Å². The molecule has 0 amide bonds. The third-order valence-electron chi connectivity index (χ3n) is 8.30. The molecular formula is C36H41FN2O3S. The van der Waals surface area contributed by atoms with Gasteiger partial charge in [-0.25, -0.2) is 9.18 Å². The summed E-state index contributed by atoms with van der Waals surface area (Å²) in [6.45, 7) is 15.0. The minimum atomic E-state index is -0.407. The number of halogens is 1. The first-order valence-corrected chi connectivity index (χ1v) is 16.0. The van der Waals surface area contributed by atoms with Gasteiger partial charge in [-0.1, -0.05) is 35.9 Å². The van der Waals surface area contributed by atoms with Crippen LogP contribution in [0, 0.1) is 26.6 Å². The number of aryl methyl sites for hydroxylation is 3. The summed E-state index contributed by atoms with van der Waals surface area (Å²) in [5.41, 5.74) is 8.55. The number of hydrogen-bond acceptors (Lipinski definition) is 5. The Morgan fingerprint density at radius 2 is 1.77 bits per heavy atom. The molecule has 0 bridgehead atoms.